The second kappa shape index (κ2) is 17.3. The van der Waals surface area contributed by atoms with Crippen LogP contribution in [0.4, 0.5) is 10.5 Å². The molecule has 53 heavy (non-hydrogen) atoms. The summed E-state index contributed by atoms with van der Waals surface area (Å²) in [4.78, 5) is 51.3. The van der Waals surface area contributed by atoms with Crippen LogP contribution in [0.1, 0.15) is 72.9 Å². The molecule has 0 spiro atoms. The number of carboxylic acid groups (broad SMARTS) is 1. The van der Waals surface area contributed by atoms with E-state index in [0.717, 1.165) is 53.5 Å². The summed E-state index contributed by atoms with van der Waals surface area (Å²) in [7, 11) is 0. The number of benzene rings is 3. The number of aliphatic hydroxyl groups is 1. The lowest BCUT2D eigenvalue weighted by atomic mass is 9.81. The van der Waals surface area contributed by atoms with Gasteiger partial charge in [0.2, 0.25) is 17.6 Å². The number of hydrogen-bond donors (Lipinski definition) is 7. The monoisotopic (exact) mass is 722 g/mol. The van der Waals surface area contributed by atoms with Crippen molar-refractivity contribution in [3.05, 3.63) is 83.4 Å². The molecule has 0 aliphatic heterocycles. The molecule has 6 rings (SSSR count). The summed E-state index contributed by atoms with van der Waals surface area (Å²) in [6.45, 7) is 2.35. The van der Waals surface area contributed by atoms with Gasteiger partial charge in [0.05, 0.1) is 6.10 Å². The topological polar surface area (TPSA) is 211 Å². The van der Waals surface area contributed by atoms with Crippen LogP contribution in [0.15, 0.2) is 66.7 Å². The number of hydrogen-bond acceptors (Lipinski definition) is 8. The third kappa shape index (κ3) is 10.0. The lowest BCUT2D eigenvalue weighted by molar-refractivity contribution is -0.130. The largest absolute Gasteiger partial charge is 0.465 e. The second-order valence-electron chi connectivity index (χ2n) is 14.2. The SMILES string of the molecule is Cc1ccc(C(=O)NC2CCC(O)CC2)cc1-c1ccc(C[C@H](NC(=O)C2CCC(CNC(=O)O)CC2)C(=O)Nc2ccc(-c3nn[nH]n3)cc2)cc1. The number of H-pyrrole nitrogens is 1. The summed E-state index contributed by atoms with van der Waals surface area (Å²) in [6.07, 6.45) is 4.45. The zero-order chi connectivity index (χ0) is 37.3. The Morgan fingerprint density at radius 3 is 2.23 bits per heavy atom. The zero-order valence-corrected chi connectivity index (χ0v) is 29.7. The number of carbonyl (C=O) groups is 4. The Morgan fingerprint density at radius 1 is 0.868 bits per heavy atom. The van der Waals surface area contributed by atoms with Gasteiger partial charge in [-0.1, -0.05) is 30.3 Å². The fourth-order valence-electron chi connectivity index (χ4n) is 7.19. The number of tetrazole rings is 1. The van der Waals surface area contributed by atoms with E-state index < -0.39 is 12.1 Å². The lowest BCUT2D eigenvalue weighted by Crippen LogP contribution is -2.48. The molecule has 4 amide bonds. The molecule has 14 nitrogen and oxygen atoms in total. The van der Waals surface area contributed by atoms with Gasteiger partial charge in [0.15, 0.2) is 0 Å². The molecule has 1 aromatic heterocycles. The van der Waals surface area contributed by atoms with E-state index in [1.54, 1.807) is 24.3 Å². The first-order valence-corrected chi connectivity index (χ1v) is 18.2. The van der Waals surface area contributed by atoms with Gasteiger partial charge in [0.25, 0.3) is 5.91 Å². The Labute approximate surface area is 307 Å². The van der Waals surface area contributed by atoms with Gasteiger partial charge in [-0.2, -0.15) is 5.21 Å². The first kappa shape index (κ1) is 37.1. The summed E-state index contributed by atoms with van der Waals surface area (Å²) < 4.78 is 0. The third-order valence-corrected chi connectivity index (χ3v) is 10.4. The number of rotatable bonds is 12. The van der Waals surface area contributed by atoms with Crippen LogP contribution in [0.5, 0.6) is 0 Å². The van der Waals surface area contributed by atoms with Gasteiger partial charge in [0.1, 0.15) is 6.04 Å². The maximum Gasteiger partial charge on any atom is 0.404 e. The van der Waals surface area contributed by atoms with Crippen molar-refractivity contribution in [2.24, 2.45) is 11.8 Å². The number of aliphatic hydroxyl groups excluding tert-OH is 1. The van der Waals surface area contributed by atoms with Crippen LogP contribution in [-0.2, 0) is 16.0 Å². The van der Waals surface area contributed by atoms with Gasteiger partial charge in [-0.15, -0.1) is 10.2 Å². The van der Waals surface area contributed by atoms with Crippen molar-refractivity contribution < 1.29 is 29.4 Å². The van der Waals surface area contributed by atoms with Gasteiger partial charge < -0.3 is 31.5 Å². The van der Waals surface area contributed by atoms with Crippen molar-refractivity contribution in [2.75, 3.05) is 11.9 Å². The lowest BCUT2D eigenvalue weighted by Gasteiger charge is -2.29. The molecule has 0 unspecified atom stereocenters. The van der Waals surface area contributed by atoms with E-state index in [9.17, 15) is 24.3 Å². The molecule has 14 heteroatoms. The van der Waals surface area contributed by atoms with Gasteiger partial charge in [-0.05, 0) is 128 Å². The minimum Gasteiger partial charge on any atom is -0.465 e. The molecule has 0 bridgehead atoms. The molecule has 0 saturated heterocycles. The fourth-order valence-corrected chi connectivity index (χ4v) is 7.19. The number of aryl methyl sites for hydroxylation is 1. The van der Waals surface area contributed by atoms with E-state index in [2.05, 4.69) is 41.9 Å². The van der Waals surface area contributed by atoms with Crippen molar-refractivity contribution >= 4 is 29.5 Å². The number of aromatic amines is 1. The Kier molecular flexibility index (Phi) is 12.1. The molecule has 4 aromatic rings. The van der Waals surface area contributed by atoms with Crippen LogP contribution in [0, 0.1) is 18.8 Å². The van der Waals surface area contributed by atoms with Gasteiger partial charge in [-0.25, -0.2) is 4.79 Å². The number of anilines is 1. The average Bonchev–Trinajstić information content (AvgIpc) is 3.71. The number of nitrogens with zero attached hydrogens (tertiary/aromatic N) is 3. The van der Waals surface area contributed by atoms with Gasteiger partial charge in [0, 0.05) is 41.7 Å². The van der Waals surface area contributed by atoms with E-state index in [4.69, 9.17) is 5.11 Å². The number of amides is 4. The Hall–Kier alpha value is -5.63. The van der Waals surface area contributed by atoms with E-state index >= 15 is 0 Å². The van der Waals surface area contributed by atoms with Crippen molar-refractivity contribution in [1.29, 1.82) is 0 Å². The molecule has 3 aromatic carbocycles. The summed E-state index contributed by atoms with van der Waals surface area (Å²) in [5.41, 5.74) is 5.53. The minimum absolute atomic E-state index is 0.0489. The summed E-state index contributed by atoms with van der Waals surface area (Å²) >= 11 is 0. The van der Waals surface area contributed by atoms with Crippen LogP contribution in [-0.4, -0.2) is 79.4 Å². The van der Waals surface area contributed by atoms with Crippen molar-refractivity contribution in [1.82, 2.24) is 36.6 Å². The van der Waals surface area contributed by atoms with Crippen molar-refractivity contribution in [3.63, 3.8) is 0 Å². The molecule has 1 heterocycles. The maximum absolute atomic E-state index is 13.8. The van der Waals surface area contributed by atoms with Crippen LogP contribution in [0.3, 0.4) is 0 Å². The molecule has 1 atom stereocenters. The highest BCUT2D eigenvalue weighted by atomic mass is 16.4. The molecule has 2 saturated carbocycles. The van der Waals surface area contributed by atoms with Crippen LogP contribution in [0.2, 0.25) is 0 Å². The first-order valence-electron chi connectivity index (χ1n) is 18.2. The Balaban J connectivity index is 1.14. The second-order valence-corrected chi connectivity index (χ2v) is 14.2. The predicted octanol–water partition coefficient (Wildman–Crippen LogP) is 4.62. The van der Waals surface area contributed by atoms with Crippen molar-refractivity contribution in [3.8, 4) is 22.5 Å². The van der Waals surface area contributed by atoms with Crippen LogP contribution >= 0.6 is 0 Å². The fraction of sp³-hybridized carbons (Fsp3) is 0.410. The molecular formula is C39H46N8O6. The zero-order valence-electron chi connectivity index (χ0n) is 29.7. The first-order chi connectivity index (χ1) is 25.6. The highest BCUT2D eigenvalue weighted by Gasteiger charge is 2.30. The van der Waals surface area contributed by atoms with Gasteiger partial charge in [-0.3, -0.25) is 14.4 Å². The van der Waals surface area contributed by atoms with Crippen molar-refractivity contribution in [2.45, 2.75) is 82.9 Å². The van der Waals surface area contributed by atoms with Gasteiger partial charge >= 0.3 is 6.09 Å². The molecule has 278 valence electrons. The average molecular weight is 723 g/mol. The van der Waals surface area contributed by atoms with Crippen LogP contribution < -0.4 is 21.3 Å². The molecular weight excluding hydrogens is 676 g/mol. The highest BCUT2D eigenvalue weighted by molar-refractivity contribution is 5.98. The number of nitrogens with one attached hydrogen (secondary N) is 5. The molecule has 2 aliphatic carbocycles. The predicted molar refractivity (Wildman–Crippen MR) is 198 cm³/mol. The van der Waals surface area contributed by atoms with E-state index in [1.807, 2.05) is 49.4 Å². The minimum atomic E-state index is -1.06. The van der Waals surface area contributed by atoms with E-state index in [0.29, 0.717) is 49.3 Å². The molecule has 7 N–H and O–H groups in total. The highest BCUT2D eigenvalue weighted by Crippen LogP contribution is 2.30. The molecule has 2 fully saturated rings. The number of aromatic nitrogens is 4. The summed E-state index contributed by atoms with van der Waals surface area (Å²) in [6, 6.07) is 19.6. The summed E-state index contributed by atoms with van der Waals surface area (Å²) in [5.74, 6) is -0.376. The standard InChI is InChI=1S/C39H46N8O6/c1-23-2-7-29(37(50)41-31-16-18-32(48)19-17-31)21-33(23)26-8-3-24(4-9-26)20-34(43-36(49)28-10-5-25(6-11-28)22-40-39(52)53)38(51)42-30-14-12-27(13-15-30)35-44-46-47-45-35/h2-4,7-9,12-15,21,25,28,31-32,34,40,48H,5-6,10-11,16-20,22H2,1H3,(H,41,50)(H,42,51)(H,43,49)(H,52,53)(H,44,45,46,47)/t25?,28?,31?,32?,34-/m0/s1. The quantitative estimate of drug-likeness (QED) is 0.109. The molecule has 2 aliphatic rings. The van der Waals surface area contributed by atoms with Crippen LogP contribution in [0.25, 0.3) is 22.5 Å². The Morgan fingerprint density at radius 2 is 1.57 bits per heavy atom. The normalized spacial score (nSPS) is 20.5. The maximum atomic E-state index is 13.8. The molecule has 0 radical (unpaired) electrons. The van der Waals surface area contributed by atoms with E-state index in [-0.39, 0.29) is 48.1 Å². The smallest absolute Gasteiger partial charge is 0.404 e. The van der Waals surface area contributed by atoms with E-state index in [1.165, 1.54) is 0 Å². The third-order valence-electron chi connectivity index (χ3n) is 10.4. The number of carbonyl (C=O) groups excluding carboxylic acids is 3. The Bertz CT molecular complexity index is 1870. The summed E-state index contributed by atoms with van der Waals surface area (Å²) in [5, 5.41) is 44.2.